The summed E-state index contributed by atoms with van der Waals surface area (Å²) in [6.07, 6.45) is 19.0. The lowest BCUT2D eigenvalue weighted by molar-refractivity contribution is 0.372. The highest BCUT2D eigenvalue weighted by Crippen LogP contribution is 2.30. The van der Waals surface area contributed by atoms with Gasteiger partial charge in [-0.2, -0.15) is 0 Å². The summed E-state index contributed by atoms with van der Waals surface area (Å²) in [5, 5.41) is 0. The molecule has 0 aromatic heterocycles. The van der Waals surface area contributed by atoms with Gasteiger partial charge in [0.2, 0.25) is 0 Å². The van der Waals surface area contributed by atoms with Crippen molar-refractivity contribution in [1.82, 2.24) is 5.43 Å². The minimum Gasteiger partial charge on any atom is -0.271 e. The van der Waals surface area contributed by atoms with Crippen LogP contribution in [0, 0.1) is 5.92 Å². The van der Waals surface area contributed by atoms with E-state index in [-0.39, 0.29) is 0 Å². The minimum absolute atomic E-state index is 0.450. The van der Waals surface area contributed by atoms with Crippen molar-refractivity contribution in [1.29, 1.82) is 0 Å². The first-order chi connectivity index (χ1) is 8.90. The van der Waals surface area contributed by atoms with Crippen LogP contribution in [0.25, 0.3) is 0 Å². The lowest BCUT2D eigenvalue weighted by atomic mass is 9.88. The normalized spacial score (nSPS) is 25.1. The van der Waals surface area contributed by atoms with Gasteiger partial charge in [-0.3, -0.25) is 11.3 Å². The summed E-state index contributed by atoms with van der Waals surface area (Å²) in [6, 6.07) is 0.450. The third-order valence-corrected chi connectivity index (χ3v) is 4.77. The highest BCUT2D eigenvalue weighted by atomic mass is 15.2. The van der Waals surface area contributed by atoms with Gasteiger partial charge in [-0.1, -0.05) is 56.6 Å². The van der Waals surface area contributed by atoms with E-state index < -0.39 is 0 Å². The van der Waals surface area contributed by atoms with Gasteiger partial charge in [0, 0.05) is 6.04 Å². The predicted molar refractivity (Wildman–Crippen MR) is 78.1 cm³/mol. The maximum Gasteiger partial charge on any atom is 0.0422 e. The molecular weight excluding hydrogens is 220 g/mol. The average molecular weight is 250 g/mol. The van der Waals surface area contributed by atoms with Crippen LogP contribution in [0.3, 0.4) is 0 Å². The molecule has 2 nitrogen and oxygen atoms in total. The Morgan fingerprint density at radius 3 is 2.50 bits per heavy atom. The number of hydrazine groups is 1. The first-order valence-electron chi connectivity index (χ1n) is 8.05. The number of rotatable bonds is 4. The molecule has 2 heteroatoms. The molecule has 3 N–H and O–H groups in total. The molecule has 1 saturated carbocycles. The number of allylic oxidation sites excluding steroid dienone is 1. The summed E-state index contributed by atoms with van der Waals surface area (Å²) in [4.78, 5) is 0. The second kappa shape index (κ2) is 7.96. The van der Waals surface area contributed by atoms with Gasteiger partial charge in [0.25, 0.3) is 0 Å². The van der Waals surface area contributed by atoms with Crippen LogP contribution < -0.4 is 11.3 Å². The third kappa shape index (κ3) is 4.40. The Morgan fingerprint density at radius 1 is 1.06 bits per heavy atom. The van der Waals surface area contributed by atoms with E-state index in [1.54, 1.807) is 5.57 Å². The monoisotopic (exact) mass is 250 g/mol. The van der Waals surface area contributed by atoms with E-state index >= 15 is 0 Å². The largest absolute Gasteiger partial charge is 0.271 e. The van der Waals surface area contributed by atoms with Crippen LogP contribution in [-0.4, -0.2) is 6.04 Å². The molecule has 104 valence electrons. The van der Waals surface area contributed by atoms with Crippen molar-refractivity contribution >= 4 is 0 Å². The standard InChI is InChI=1S/C16H30N2/c17-18-16(15-11-7-3-4-8-12-15)13-14-9-5-1-2-6-10-14/h11,14,16,18H,1-10,12-13,17H2. The van der Waals surface area contributed by atoms with Crippen molar-refractivity contribution in [3.63, 3.8) is 0 Å². The molecule has 0 heterocycles. The summed E-state index contributed by atoms with van der Waals surface area (Å²) in [5.74, 6) is 6.72. The zero-order valence-electron chi connectivity index (χ0n) is 11.8. The molecule has 2 aliphatic rings. The maximum atomic E-state index is 5.82. The lowest BCUT2D eigenvalue weighted by Gasteiger charge is -2.24. The quantitative estimate of drug-likeness (QED) is 0.342. The molecule has 0 radical (unpaired) electrons. The zero-order valence-corrected chi connectivity index (χ0v) is 11.8. The van der Waals surface area contributed by atoms with Crippen molar-refractivity contribution in [2.24, 2.45) is 11.8 Å². The van der Waals surface area contributed by atoms with Crippen molar-refractivity contribution < 1.29 is 0 Å². The molecule has 0 saturated heterocycles. The minimum atomic E-state index is 0.450. The topological polar surface area (TPSA) is 38.0 Å². The zero-order chi connectivity index (χ0) is 12.6. The number of hydrogen-bond acceptors (Lipinski definition) is 2. The number of nitrogens with two attached hydrogens (primary N) is 1. The summed E-state index contributed by atoms with van der Waals surface area (Å²) >= 11 is 0. The highest BCUT2D eigenvalue weighted by molar-refractivity contribution is 5.12. The first kappa shape index (κ1) is 14.1. The molecule has 0 aliphatic heterocycles. The molecule has 2 rings (SSSR count). The number of hydrogen-bond donors (Lipinski definition) is 2. The smallest absolute Gasteiger partial charge is 0.0422 e. The van der Waals surface area contributed by atoms with E-state index in [2.05, 4.69) is 11.5 Å². The Balaban J connectivity index is 1.88. The Morgan fingerprint density at radius 2 is 1.78 bits per heavy atom. The van der Waals surface area contributed by atoms with Gasteiger partial charge in [-0.05, 0) is 38.0 Å². The van der Waals surface area contributed by atoms with E-state index in [1.807, 2.05) is 0 Å². The summed E-state index contributed by atoms with van der Waals surface area (Å²) in [7, 11) is 0. The molecule has 0 aromatic carbocycles. The van der Waals surface area contributed by atoms with Crippen LogP contribution in [0.15, 0.2) is 11.6 Å². The maximum absolute atomic E-state index is 5.82. The van der Waals surface area contributed by atoms with Crippen LogP contribution in [0.5, 0.6) is 0 Å². The Labute approximate surface area is 112 Å². The summed E-state index contributed by atoms with van der Waals surface area (Å²) in [6.45, 7) is 0. The van der Waals surface area contributed by atoms with Gasteiger partial charge >= 0.3 is 0 Å². The third-order valence-electron chi connectivity index (χ3n) is 4.77. The van der Waals surface area contributed by atoms with Crippen LogP contribution in [0.2, 0.25) is 0 Å². The second-order valence-electron chi connectivity index (χ2n) is 6.19. The van der Waals surface area contributed by atoms with Gasteiger partial charge < -0.3 is 0 Å². The molecular formula is C16H30N2. The van der Waals surface area contributed by atoms with Crippen molar-refractivity contribution in [3.8, 4) is 0 Å². The molecule has 0 bridgehead atoms. The predicted octanol–water partition coefficient (Wildman–Crippen LogP) is 4.07. The van der Waals surface area contributed by atoms with E-state index in [0.717, 1.165) is 5.92 Å². The summed E-state index contributed by atoms with van der Waals surface area (Å²) in [5.41, 5.74) is 4.70. The van der Waals surface area contributed by atoms with E-state index in [9.17, 15) is 0 Å². The molecule has 18 heavy (non-hydrogen) atoms. The van der Waals surface area contributed by atoms with Gasteiger partial charge in [-0.15, -0.1) is 0 Å². The van der Waals surface area contributed by atoms with Crippen molar-refractivity contribution in [2.45, 2.75) is 83.1 Å². The van der Waals surface area contributed by atoms with E-state index in [4.69, 9.17) is 5.84 Å². The van der Waals surface area contributed by atoms with Gasteiger partial charge in [0.1, 0.15) is 0 Å². The molecule has 0 aromatic rings. The van der Waals surface area contributed by atoms with Gasteiger partial charge in [0.15, 0.2) is 0 Å². The molecule has 0 spiro atoms. The van der Waals surface area contributed by atoms with Crippen LogP contribution >= 0.6 is 0 Å². The van der Waals surface area contributed by atoms with Crippen molar-refractivity contribution in [2.75, 3.05) is 0 Å². The fraction of sp³-hybridized carbons (Fsp3) is 0.875. The van der Waals surface area contributed by atoms with E-state index in [0.29, 0.717) is 6.04 Å². The molecule has 1 atom stereocenters. The fourth-order valence-corrected chi connectivity index (χ4v) is 3.62. The Hall–Kier alpha value is -0.340. The van der Waals surface area contributed by atoms with Crippen LogP contribution in [0.4, 0.5) is 0 Å². The van der Waals surface area contributed by atoms with Crippen LogP contribution in [0.1, 0.15) is 77.0 Å². The molecule has 1 fully saturated rings. The van der Waals surface area contributed by atoms with Crippen molar-refractivity contribution in [3.05, 3.63) is 11.6 Å². The van der Waals surface area contributed by atoms with Gasteiger partial charge in [0.05, 0.1) is 0 Å². The summed E-state index contributed by atoms with van der Waals surface area (Å²) < 4.78 is 0. The number of nitrogens with one attached hydrogen (secondary N) is 1. The Kier molecular flexibility index (Phi) is 6.22. The lowest BCUT2D eigenvalue weighted by Crippen LogP contribution is -2.38. The highest BCUT2D eigenvalue weighted by Gasteiger charge is 2.20. The van der Waals surface area contributed by atoms with Gasteiger partial charge in [-0.25, -0.2) is 0 Å². The molecule has 1 unspecified atom stereocenters. The Bertz CT molecular complexity index is 252. The second-order valence-corrected chi connectivity index (χ2v) is 6.19. The fourth-order valence-electron chi connectivity index (χ4n) is 3.62. The van der Waals surface area contributed by atoms with E-state index in [1.165, 1.54) is 77.0 Å². The SMILES string of the molecule is NNC(CC1CCCCCC1)C1=CCCCCC1. The first-order valence-corrected chi connectivity index (χ1v) is 8.05. The van der Waals surface area contributed by atoms with Crippen LogP contribution in [-0.2, 0) is 0 Å². The molecule has 2 aliphatic carbocycles. The molecule has 0 amide bonds. The average Bonchev–Trinajstić information content (AvgIpc) is 2.80.